The van der Waals surface area contributed by atoms with Crippen molar-refractivity contribution in [2.75, 3.05) is 26.7 Å². The van der Waals surface area contributed by atoms with Gasteiger partial charge in [-0.05, 0) is 61.0 Å². The van der Waals surface area contributed by atoms with Gasteiger partial charge in [0, 0.05) is 18.5 Å². The third-order valence-corrected chi connectivity index (χ3v) is 7.39. The minimum absolute atomic E-state index is 0.222. The van der Waals surface area contributed by atoms with Crippen molar-refractivity contribution in [1.82, 2.24) is 9.80 Å². The minimum Gasteiger partial charge on any atom is -0.497 e. The van der Waals surface area contributed by atoms with E-state index in [2.05, 4.69) is 21.9 Å². The van der Waals surface area contributed by atoms with E-state index >= 15 is 0 Å². The van der Waals surface area contributed by atoms with Gasteiger partial charge in [-0.25, -0.2) is 0 Å². The lowest BCUT2D eigenvalue weighted by Crippen LogP contribution is -2.60. The Labute approximate surface area is 158 Å². The summed E-state index contributed by atoms with van der Waals surface area (Å²) in [5.74, 6) is 2.15. The number of carbonyl (C=O) groups excluding carboxylic acids is 1. The summed E-state index contributed by atoms with van der Waals surface area (Å²) in [6.07, 6.45) is 2.45. The van der Waals surface area contributed by atoms with Gasteiger partial charge in [-0.3, -0.25) is 9.69 Å². The molecule has 5 heteroatoms. The van der Waals surface area contributed by atoms with E-state index in [1.165, 1.54) is 31.5 Å². The van der Waals surface area contributed by atoms with E-state index in [0.29, 0.717) is 23.9 Å². The van der Waals surface area contributed by atoms with Gasteiger partial charge in [0.1, 0.15) is 5.75 Å². The number of benzene rings is 1. The molecule has 2 aromatic rings. The maximum atomic E-state index is 13.2. The molecule has 4 saturated heterocycles. The van der Waals surface area contributed by atoms with Crippen molar-refractivity contribution < 1.29 is 9.53 Å². The summed E-state index contributed by atoms with van der Waals surface area (Å²) in [6, 6.07) is 13.2. The fourth-order valence-corrected chi connectivity index (χ4v) is 6.02. The fourth-order valence-electron chi connectivity index (χ4n) is 5.34. The predicted octanol–water partition coefficient (Wildman–Crippen LogP) is 3.46. The van der Waals surface area contributed by atoms with Crippen LogP contribution in [0, 0.1) is 5.92 Å². The number of thiophene rings is 1. The highest BCUT2D eigenvalue weighted by molar-refractivity contribution is 7.12. The van der Waals surface area contributed by atoms with E-state index < -0.39 is 0 Å². The van der Waals surface area contributed by atoms with Crippen molar-refractivity contribution in [2.45, 2.75) is 30.8 Å². The van der Waals surface area contributed by atoms with Crippen molar-refractivity contribution >= 4 is 17.2 Å². The molecule has 0 aliphatic carbocycles. The van der Waals surface area contributed by atoms with Crippen LogP contribution >= 0.6 is 11.3 Å². The Kier molecular flexibility index (Phi) is 4.02. The maximum absolute atomic E-state index is 13.2. The van der Waals surface area contributed by atoms with Crippen LogP contribution in [0.25, 0.3) is 0 Å². The van der Waals surface area contributed by atoms with Crippen molar-refractivity contribution in [2.24, 2.45) is 5.92 Å². The highest BCUT2D eigenvalue weighted by Crippen LogP contribution is 2.47. The number of piperidine rings is 3. The zero-order valence-electron chi connectivity index (χ0n) is 15.0. The average Bonchev–Trinajstić information content (AvgIpc) is 3.38. The Bertz CT molecular complexity index is 781. The zero-order valence-corrected chi connectivity index (χ0v) is 15.8. The van der Waals surface area contributed by atoms with E-state index in [-0.39, 0.29) is 5.91 Å². The molecule has 1 aromatic carbocycles. The van der Waals surface area contributed by atoms with Gasteiger partial charge in [-0.1, -0.05) is 18.2 Å². The third kappa shape index (κ3) is 2.48. The monoisotopic (exact) mass is 368 g/mol. The van der Waals surface area contributed by atoms with Crippen LogP contribution in [0.3, 0.4) is 0 Å². The lowest BCUT2D eigenvalue weighted by Gasteiger charge is -2.51. The van der Waals surface area contributed by atoms with E-state index in [0.717, 1.165) is 17.2 Å². The van der Waals surface area contributed by atoms with Crippen molar-refractivity contribution in [1.29, 1.82) is 0 Å². The van der Waals surface area contributed by atoms with Crippen molar-refractivity contribution in [3.05, 3.63) is 52.2 Å². The molecule has 5 heterocycles. The van der Waals surface area contributed by atoms with Crippen LogP contribution in [0.2, 0.25) is 0 Å². The Morgan fingerprint density at radius 2 is 1.88 bits per heavy atom. The number of fused-ring (bicyclic) bond motifs is 2. The van der Waals surface area contributed by atoms with Crippen LogP contribution in [0.15, 0.2) is 41.8 Å². The quantitative estimate of drug-likeness (QED) is 0.832. The fraction of sp³-hybridized carbons (Fsp3) is 0.476. The van der Waals surface area contributed by atoms with Crippen LogP contribution in [0.1, 0.15) is 34.0 Å². The largest absolute Gasteiger partial charge is 0.497 e. The second kappa shape index (κ2) is 6.39. The molecule has 0 radical (unpaired) electrons. The Balaban J connectivity index is 1.51. The van der Waals surface area contributed by atoms with E-state index in [9.17, 15) is 4.79 Å². The smallest absolute Gasteiger partial charge is 0.264 e. The van der Waals surface area contributed by atoms with Gasteiger partial charge in [-0.15, -0.1) is 11.3 Å². The van der Waals surface area contributed by atoms with E-state index in [1.54, 1.807) is 18.4 Å². The topological polar surface area (TPSA) is 32.8 Å². The summed E-state index contributed by atoms with van der Waals surface area (Å²) >= 11 is 1.56. The number of carbonyl (C=O) groups is 1. The Morgan fingerprint density at radius 3 is 2.54 bits per heavy atom. The molecular formula is C21H24N2O2S. The first-order chi connectivity index (χ1) is 12.8. The van der Waals surface area contributed by atoms with Gasteiger partial charge in [0.05, 0.1) is 18.0 Å². The molecule has 1 aromatic heterocycles. The zero-order chi connectivity index (χ0) is 17.7. The average molecular weight is 369 g/mol. The minimum atomic E-state index is 0.222. The molecular weight excluding hydrogens is 344 g/mol. The SMILES string of the molecule is COc1ccc([C@@H]2CN(C(=O)c3cccs3)[C@@H]3C4CCN(CC4)[C@@H]32)cc1. The Morgan fingerprint density at radius 1 is 1.12 bits per heavy atom. The number of hydrogen-bond acceptors (Lipinski definition) is 4. The molecule has 0 N–H and O–H groups in total. The molecule has 4 aliphatic rings. The van der Waals surface area contributed by atoms with Gasteiger partial charge in [0.2, 0.25) is 0 Å². The Hall–Kier alpha value is -1.85. The second-order valence-electron chi connectivity index (χ2n) is 7.67. The number of likely N-dealkylation sites (tertiary alicyclic amines) is 1. The summed E-state index contributed by atoms with van der Waals surface area (Å²) in [7, 11) is 1.70. The van der Waals surface area contributed by atoms with Gasteiger partial charge in [0.25, 0.3) is 5.91 Å². The van der Waals surface area contributed by atoms with Gasteiger partial charge in [-0.2, -0.15) is 0 Å². The number of amides is 1. The summed E-state index contributed by atoms with van der Waals surface area (Å²) < 4.78 is 5.32. The number of hydrogen-bond donors (Lipinski definition) is 0. The highest BCUT2D eigenvalue weighted by Gasteiger charge is 2.54. The summed E-state index contributed by atoms with van der Waals surface area (Å²) in [6.45, 7) is 3.18. The van der Waals surface area contributed by atoms with Gasteiger partial charge >= 0.3 is 0 Å². The first-order valence-corrected chi connectivity index (χ1v) is 10.4. The molecule has 0 saturated carbocycles. The first kappa shape index (κ1) is 16.3. The number of rotatable bonds is 3. The lowest BCUT2D eigenvalue weighted by atomic mass is 9.75. The molecule has 0 unspecified atom stereocenters. The molecule has 6 rings (SSSR count). The van der Waals surface area contributed by atoms with Crippen molar-refractivity contribution in [3.63, 3.8) is 0 Å². The van der Waals surface area contributed by atoms with Gasteiger partial charge < -0.3 is 9.64 Å². The van der Waals surface area contributed by atoms with E-state index in [4.69, 9.17) is 4.74 Å². The van der Waals surface area contributed by atoms with Gasteiger partial charge in [0.15, 0.2) is 0 Å². The van der Waals surface area contributed by atoms with Crippen molar-refractivity contribution in [3.8, 4) is 5.75 Å². The molecule has 1 amide bonds. The molecule has 4 aliphatic heterocycles. The highest BCUT2D eigenvalue weighted by atomic mass is 32.1. The molecule has 0 spiro atoms. The van der Waals surface area contributed by atoms with Crippen LogP contribution in [-0.2, 0) is 0 Å². The molecule has 3 atom stereocenters. The van der Waals surface area contributed by atoms with Crippen LogP contribution in [0.4, 0.5) is 0 Å². The normalized spacial score (nSPS) is 32.5. The van der Waals surface area contributed by atoms with Crippen LogP contribution < -0.4 is 4.74 Å². The first-order valence-electron chi connectivity index (χ1n) is 9.49. The summed E-state index contributed by atoms with van der Waals surface area (Å²) in [5, 5.41) is 2.00. The number of ether oxygens (including phenoxy) is 1. The summed E-state index contributed by atoms with van der Waals surface area (Å²) in [4.78, 5) is 18.9. The maximum Gasteiger partial charge on any atom is 0.264 e. The number of methoxy groups -OCH3 is 1. The third-order valence-electron chi connectivity index (χ3n) is 6.53. The molecule has 4 nitrogen and oxygen atoms in total. The second-order valence-corrected chi connectivity index (χ2v) is 8.62. The molecule has 26 heavy (non-hydrogen) atoms. The van der Waals surface area contributed by atoms with E-state index in [1.807, 2.05) is 29.6 Å². The standard InChI is InChI=1S/C21H24N2O2S/c1-25-16-6-4-14(5-7-16)17-13-23(21(24)18-3-2-12-26-18)19-15-8-10-22(11-9-15)20(17)19/h2-7,12,15,17,19-20H,8-11,13H2,1H3/t17-,19+,20+/m0/s1. The summed E-state index contributed by atoms with van der Waals surface area (Å²) in [5.41, 5.74) is 1.33. The van der Waals surface area contributed by atoms with Crippen LogP contribution in [-0.4, -0.2) is 54.5 Å². The predicted molar refractivity (Wildman–Crippen MR) is 103 cm³/mol. The lowest BCUT2D eigenvalue weighted by molar-refractivity contribution is -0.00326. The number of nitrogens with zero attached hydrogens (tertiary/aromatic N) is 2. The molecule has 136 valence electrons. The molecule has 2 bridgehead atoms. The van der Waals surface area contributed by atoms with Crippen LogP contribution in [0.5, 0.6) is 5.75 Å². The molecule has 4 fully saturated rings.